The van der Waals surface area contributed by atoms with E-state index in [9.17, 15) is 4.21 Å². The van der Waals surface area contributed by atoms with Crippen molar-refractivity contribution in [2.24, 2.45) is 0 Å². The molecule has 0 spiro atoms. The summed E-state index contributed by atoms with van der Waals surface area (Å²) in [6.07, 6.45) is 0.710. The summed E-state index contributed by atoms with van der Waals surface area (Å²) in [5.74, 6) is 1.24. The Bertz CT molecular complexity index is 791. The molecule has 0 bridgehead atoms. The summed E-state index contributed by atoms with van der Waals surface area (Å²) in [5.41, 5.74) is 2.01. The van der Waals surface area contributed by atoms with E-state index in [2.05, 4.69) is 19.8 Å². The third kappa shape index (κ3) is 2.98. The predicted molar refractivity (Wildman–Crippen MR) is 97.9 cm³/mol. The van der Waals surface area contributed by atoms with Crippen LogP contribution in [0.5, 0.6) is 0 Å². The molecule has 1 atom stereocenters. The second-order valence-corrected chi connectivity index (χ2v) is 8.14. The number of hydrogen-bond donors (Lipinski definition) is 0. The average Bonchev–Trinajstić information content (AvgIpc) is 2.97. The van der Waals surface area contributed by atoms with Gasteiger partial charge in [0.1, 0.15) is 0 Å². The van der Waals surface area contributed by atoms with Gasteiger partial charge in [-0.2, -0.15) is 4.98 Å². The lowest BCUT2D eigenvalue weighted by Gasteiger charge is -2.36. The van der Waals surface area contributed by atoms with Crippen LogP contribution in [0.25, 0.3) is 0 Å². The molecule has 8 heteroatoms. The van der Waals surface area contributed by atoms with Gasteiger partial charge in [0.05, 0.1) is 21.4 Å². The number of aromatic nitrogens is 2. The summed E-state index contributed by atoms with van der Waals surface area (Å²) < 4.78 is 11.9. The highest BCUT2D eigenvalue weighted by Crippen LogP contribution is 2.30. The zero-order valence-corrected chi connectivity index (χ0v) is 15.2. The topological polar surface area (TPSA) is 49.3 Å². The number of fused-ring (bicyclic) bond motifs is 1. The Morgan fingerprint density at radius 3 is 2.33 bits per heavy atom. The van der Waals surface area contributed by atoms with Crippen molar-refractivity contribution in [2.45, 2.75) is 11.3 Å². The number of benzene rings is 1. The molecule has 24 heavy (non-hydrogen) atoms. The maximum absolute atomic E-state index is 11.9. The molecule has 3 heterocycles. The van der Waals surface area contributed by atoms with Gasteiger partial charge in [0.2, 0.25) is 5.95 Å². The lowest BCUT2D eigenvalue weighted by Crippen LogP contribution is -2.47. The number of piperazine rings is 1. The maximum Gasteiger partial charge on any atom is 0.227 e. The van der Waals surface area contributed by atoms with Crippen LogP contribution in [0.15, 0.2) is 29.2 Å². The Balaban J connectivity index is 1.49. The van der Waals surface area contributed by atoms with E-state index < -0.39 is 10.8 Å². The minimum atomic E-state index is -1.05. The summed E-state index contributed by atoms with van der Waals surface area (Å²) in [4.78, 5) is 14.1. The first-order chi connectivity index (χ1) is 11.6. The SMILES string of the molecule is O=S1CCc2nc(N3CCN(c4ccc(Cl)cc4)CC3)nc(Cl)c21. The van der Waals surface area contributed by atoms with Gasteiger partial charge in [-0.15, -0.1) is 0 Å². The van der Waals surface area contributed by atoms with Crippen molar-refractivity contribution in [1.29, 1.82) is 0 Å². The summed E-state index contributed by atoms with van der Waals surface area (Å²) in [6.45, 7) is 3.40. The lowest BCUT2D eigenvalue weighted by atomic mass is 10.2. The Hall–Kier alpha value is -1.37. The summed E-state index contributed by atoms with van der Waals surface area (Å²) in [6, 6.07) is 7.89. The van der Waals surface area contributed by atoms with Crippen molar-refractivity contribution >= 4 is 45.6 Å². The van der Waals surface area contributed by atoms with Gasteiger partial charge < -0.3 is 9.80 Å². The van der Waals surface area contributed by atoms with Crippen molar-refractivity contribution < 1.29 is 4.21 Å². The fourth-order valence-electron chi connectivity index (χ4n) is 3.10. The molecule has 1 saturated heterocycles. The van der Waals surface area contributed by atoms with E-state index in [0.717, 1.165) is 36.9 Å². The average molecular weight is 383 g/mol. The van der Waals surface area contributed by atoms with E-state index in [0.29, 0.717) is 28.2 Å². The number of hydrogen-bond acceptors (Lipinski definition) is 5. The zero-order valence-electron chi connectivity index (χ0n) is 12.9. The number of anilines is 2. The third-order valence-corrected chi connectivity index (χ3v) is 6.49. The fourth-order valence-corrected chi connectivity index (χ4v) is 4.89. The minimum Gasteiger partial charge on any atom is -0.368 e. The second-order valence-electron chi connectivity index (χ2n) is 5.84. The minimum absolute atomic E-state index is 0.339. The van der Waals surface area contributed by atoms with Crippen LogP contribution < -0.4 is 9.80 Å². The zero-order chi connectivity index (χ0) is 16.7. The Morgan fingerprint density at radius 1 is 0.958 bits per heavy atom. The van der Waals surface area contributed by atoms with E-state index in [1.807, 2.05) is 24.3 Å². The van der Waals surface area contributed by atoms with E-state index in [4.69, 9.17) is 23.2 Å². The van der Waals surface area contributed by atoms with E-state index >= 15 is 0 Å². The first-order valence-corrected chi connectivity index (χ1v) is 9.89. The van der Waals surface area contributed by atoms with Crippen LogP contribution in [0.2, 0.25) is 10.2 Å². The molecular formula is C16H16Cl2N4OS. The highest BCUT2D eigenvalue weighted by Gasteiger charge is 2.27. The van der Waals surface area contributed by atoms with Crippen LogP contribution >= 0.6 is 23.2 Å². The first-order valence-electron chi connectivity index (χ1n) is 7.82. The van der Waals surface area contributed by atoms with E-state index in [-0.39, 0.29) is 0 Å². The van der Waals surface area contributed by atoms with Gasteiger partial charge in [0.25, 0.3) is 0 Å². The molecule has 2 aromatic rings. The molecule has 126 valence electrons. The van der Waals surface area contributed by atoms with Crippen LogP contribution in [0.3, 0.4) is 0 Å². The molecule has 0 aliphatic carbocycles. The second kappa shape index (κ2) is 6.50. The van der Waals surface area contributed by atoms with E-state index in [1.165, 1.54) is 5.69 Å². The maximum atomic E-state index is 11.9. The number of rotatable bonds is 2. The van der Waals surface area contributed by atoms with Crippen LogP contribution in [-0.2, 0) is 17.2 Å². The Kier molecular flexibility index (Phi) is 4.37. The highest BCUT2D eigenvalue weighted by molar-refractivity contribution is 7.85. The van der Waals surface area contributed by atoms with Crippen LogP contribution in [0.4, 0.5) is 11.6 Å². The van der Waals surface area contributed by atoms with Crippen LogP contribution in [-0.4, -0.2) is 46.1 Å². The highest BCUT2D eigenvalue weighted by atomic mass is 35.5. The van der Waals surface area contributed by atoms with Crippen LogP contribution in [0.1, 0.15) is 5.69 Å². The normalized spacial score (nSPS) is 20.3. The predicted octanol–water partition coefficient (Wildman–Crippen LogP) is 2.77. The molecule has 1 aromatic heterocycles. The van der Waals surface area contributed by atoms with Gasteiger partial charge in [0.15, 0.2) is 5.15 Å². The molecule has 2 aliphatic heterocycles. The molecule has 0 N–H and O–H groups in total. The third-order valence-electron chi connectivity index (χ3n) is 4.39. The van der Waals surface area contributed by atoms with E-state index in [1.54, 1.807) is 0 Å². The summed E-state index contributed by atoms with van der Waals surface area (Å²) in [7, 11) is -1.05. The van der Waals surface area contributed by atoms with Gasteiger partial charge in [-0.1, -0.05) is 23.2 Å². The van der Waals surface area contributed by atoms with Crippen molar-refractivity contribution in [3.63, 3.8) is 0 Å². The lowest BCUT2D eigenvalue weighted by molar-refractivity contribution is 0.637. The molecule has 1 fully saturated rings. The van der Waals surface area contributed by atoms with Gasteiger partial charge >= 0.3 is 0 Å². The number of aryl methyl sites for hydroxylation is 1. The summed E-state index contributed by atoms with van der Waals surface area (Å²) in [5, 5.41) is 1.09. The molecule has 5 nitrogen and oxygen atoms in total. The Morgan fingerprint density at radius 2 is 1.62 bits per heavy atom. The van der Waals surface area contributed by atoms with Gasteiger partial charge in [-0.25, -0.2) is 4.98 Å². The standard InChI is InChI=1S/C16H16Cl2N4OS/c17-11-1-3-12(4-2-11)21-6-8-22(9-7-21)16-19-13-5-10-24(23)14(13)15(18)20-16/h1-4H,5-10H2. The molecule has 4 rings (SSSR count). The monoisotopic (exact) mass is 382 g/mol. The first kappa shape index (κ1) is 16.1. The molecule has 1 aromatic carbocycles. The molecule has 0 radical (unpaired) electrons. The van der Waals surface area contributed by atoms with Crippen molar-refractivity contribution in [3.8, 4) is 0 Å². The van der Waals surface area contributed by atoms with Crippen molar-refractivity contribution in [1.82, 2.24) is 9.97 Å². The summed E-state index contributed by atoms with van der Waals surface area (Å²) >= 11 is 12.2. The molecular weight excluding hydrogens is 367 g/mol. The van der Waals surface area contributed by atoms with Gasteiger partial charge in [-0.05, 0) is 24.3 Å². The molecule has 0 saturated carbocycles. The molecule has 1 unspecified atom stereocenters. The van der Waals surface area contributed by atoms with Crippen molar-refractivity contribution in [3.05, 3.63) is 40.1 Å². The molecule has 0 amide bonds. The number of nitrogens with zero attached hydrogens (tertiary/aromatic N) is 4. The van der Waals surface area contributed by atoms with Crippen molar-refractivity contribution in [2.75, 3.05) is 41.7 Å². The smallest absolute Gasteiger partial charge is 0.227 e. The number of halogens is 2. The molecule has 2 aliphatic rings. The van der Waals surface area contributed by atoms with Gasteiger partial charge in [0, 0.05) is 49.1 Å². The fraction of sp³-hybridized carbons (Fsp3) is 0.375. The van der Waals surface area contributed by atoms with Gasteiger partial charge in [-0.3, -0.25) is 4.21 Å². The largest absolute Gasteiger partial charge is 0.368 e. The quantitative estimate of drug-likeness (QED) is 0.747. The Labute approximate surface area is 153 Å². The van der Waals surface area contributed by atoms with Crippen LogP contribution in [0, 0.1) is 0 Å².